The molecular weight excluding hydrogens is 186 g/mol. The monoisotopic (exact) mass is 201 g/mol. The second-order valence-corrected chi connectivity index (χ2v) is 3.17. The fourth-order valence-electron chi connectivity index (χ4n) is 1.38. The quantitative estimate of drug-likeness (QED) is 0.509. The van der Waals surface area contributed by atoms with Crippen LogP contribution in [0.15, 0.2) is 0 Å². The van der Waals surface area contributed by atoms with Crippen LogP contribution in [-0.2, 0) is 19.1 Å². The number of methoxy groups -OCH3 is 1. The van der Waals surface area contributed by atoms with Gasteiger partial charge in [0.25, 0.3) is 0 Å². The first-order valence-electron chi connectivity index (χ1n) is 4.72. The van der Waals surface area contributed by atoms with Gasteiger partial charge in [0.1, 0.15) is 0 Å². The smallest absolute Gasteiger partial charge is 0.396 e. The minimum atomic E-state index is -0.850. The van der Waals surface area contributed by atoms with Crippen LogP contribution in [0.25, 0.3) is 0 Å². The molecule has 0 bridgehead atoms. The molecule has 1 fully saturated rings. The van der Waals surface area contributed by atoms with Gasteiger partial charge >= 0.3 is 11.9 Å². The summed E-state index contributed by atoms with van der Waals surface area (Å²) in [5, 5.41) is 2.47. The maximum absolute atomic E-state index is 10.9. The molecule has 5 heteroatoms. The molecule has 5 nitrogen and oxygen atoms in total. The summed E-state index contributed by atoms with van der Waals surface area (Å²) in [6, 6.07) is 0. The van der Waals surface area contributed by atoms with Crippen molar-refractivity contribution in [3.8, 4) is 0 Å². The molecule has 1 atom stereocenters. The van der Waals surface area contributed by atoms with Crippen LogP contribution >= 0.6 is 0 Å². The third kappa shape index (κ3) is 3.33. The Morgan fingerprint density at radius 2 is 2.36 bits per heavy atom. The van der Waals surface area contributed by atoms with Crippen LogP contribution in [0.5, 0.6) is 0 Å². The molecule has 0 aliphatic carbocycles. The lowest BCUT2D eigenvalue weighted by Gasteiger charge is -2.08. The second kappa shape index (κ2) is 5.59. The van der Waals surface area contributed by atoms with Crippen molar-refractivity contribution in [1.82, 2.24) is 5.32 Å². The van der Waals surface area contributed by atoms with E-state index in [4.69, 9.17) is 4.74 Å². The van der Waals surface area contributed by atoms with Crippen LogP contribution in [0.4, 0.5) is 0 Å². The SMILES string of the molecule is COC(=O)C(=O)NCCC1CCCO1. The normalized spacial score (nSPS) is 20.5. The van der Waals surface area contributed by atoms with Crippen molar-refractivity contribution in [1.29, 1.82) is 0 Å². The highest BCUT2D eigenvalue weighted by Crippen LogP contribution is 2.14. The second-order valence-electron chi connectivity index (χ2n) is 3.17. The molecule has 1 aliphatic rings. The summed E-state index contributed by atoms with van der Waals surface area (Å²) in [7, 11) is 1.18. The molecule has 1 N–H and O–H groups in total. The van der Waals surface area contributed by atoms with Crippen LogP contribution < -0.4 is 5.32 Å². The Labute approximate surface area is 82.8 Å². The van der Waals surface area contributed by atoms with Gasteiger partial charge in [0.2, 0.25) is 0 Å². The fraction of sp³-hybridized carbons (Fsp3) is 0.778. The van der Waals surface area contributed by atoms with E-state index in [0.29, 0.717) is 6.54 Å². The van der Waals surface area contributed by atoms with Gasteiger partial charge in [-0.15, -0.1) is 0 Å². The molecule has 1 amide bonds. The molecule has 1 unspecified atom stereocenters. The molecule has 0 spiro atoms. The first-order chi connectivity index (χ1) is 6.74. The zero-order chi connectivity index (χ0) is 10.4. The topological polar surface area (TPSA) is 64.6 Å². The third-order valence-electron chi connectivity index (χ3n) is 2.15. The van der Waals surface area contributed by atoms with Crippen LogP contribution in [0.2, 0.25) is 0 Å². The first kappa shape index (κ1) is 11.0. The lowest BCUT2D eigenvalue weighted by Crippen LogP contribution is -2.33. The number of amides is 1. The Balaban J connectivity index is 2.08. The summed E-state index contributed by atoms with van der Waals surface area (Å²) in [5.41, 5.74) is 0. The van der Waals surface area contributed by atoms with Gasteiger partial charge in [-0.3, -0.25) is 4.79 Å². The maximum Gasteiger partial charge on any atom is 0.396 e. The summed E-state index contributed by atoms with van der Waals surface area (Å²) >= 11 is 0. The highest BCUT2D eigenvalue weighted by Gasteiger charge is 2.17. The molecule has 14 heavy (non-hydrogen) atoms. The van der Waals surface area contributed by atoms with Crippen molar-refractivity contribution >= 4 is 11.9 Å². The van der Waals surface area contributed by atoms with E-state index in [9.17, 15) is 9.59 Å². The standard InChI is InChI=1S/C9H15NO4/c1-13-9(12)8(11)10-5-4-7-3-2-6-14-7/h7H,2-6H2,1H3,(H,10,11). The zero-order valence-electron chi connectivity index (χ0n) is 8.25. The number of rotatable bonds is 3. The number of nitrogens with one attached hydrogen (secondary N) is 1. The van der Waals surface area contributed by atoms with Crippen LogP contribution in [-0.4, -0.2) is 38.2 Å². The van der Waals surface area contributed by atoms with Gasteiger partial charge in [-0.25, -0.2) is 4.79 Å². The molecular formula is C9H15NO4. The molecule has 80 valence electrons. The largest absolute Gasteiger partial charge is 0.462 e. The number of hydrogen-bond donors (Lipinski definition) is 1. The summed E-state index contributed by atoms with van der Waals surface area (Å²) < 4.78 is 9.61. The fourth-order valence-corrected chi connectivity index (χ4v) is 1.38. The van der Waals surface area contributed by atoms with Crippen molar-refractivity contribution < 1.29 is 19.1 Å². The Morgan fingerprint density at radius 3 is 2.93 bits per heavy atom. The molecule has 1 saturated heterocycles. The average molecular weight is 201 g/mol. The van der Waals surface area contributed by atoms with E-state index in [1.165, 1.54) is 7.11 Å². The van der Waals surface area contributed by atoms with Crippen molar-refractivity contribution in [3.05, 3.63) is 0 Å². The van der Waals surface area contributed by atoms with E-state index >= 15 is 0 Å². The Kier molecular flexibility index (Phi) is 4.39. The Morgan fingerprint density at radius 1 is 1.57 bits per heavy atom. The lowest BCUT2D eigenvalue weighted by atomic mass is 10.2. The minimum absolute atomic E-state index is 0.230. The Bertz CT molecular complexity index is 211. The van der Waals surface area contributed by atoms with Gasteiger partial charge in [0.15, 0.2) is 0 Å². The molecule has 0 aromatic heterocycles. The number of esters is 1. The average Bonchev–Trinajstić information content (AvgIpc) is 2.69. The molecule has 1 rings (SSSR count). The molecule has 1 aliphatic heterocycles. The van der Waals surface area contributed by atoms with E-state index in [2.05, 4.69) is 10.1 Å². The third-order valence-corrected chi connectivity index (χ3v) is 2.15. The first-order valence-corrected chi connectivity index (χ1v) is 4.72. The van der Waals surface area contributed by atoms with Crippen molar-refractivity contribution in [3.63, 3.8) is 0 Å². The van der Waals surface area contributed by atoms with Gasteiger partial charge in [0, 0.05) is 13.2 Å². The summed E-state index contributed by atoms with van der Waals surface area (Å²) in [6.07, 6.45) is 3.10. The van der Waals surface area contributed by atoms with Crippen molar-refractivity contribution in [2.75, 3.05) is 20.3 Å². The molecule has 0 saturated carbocycles. The van der Waals surface area contributed by atoms with E-state index in [1.807, 2.05) is 0 Å². The molecule has 0 aromatic rings. The number of carbonyl (C=O) groups excluding carboxylic acids is 2. The van der Waals surface area contributed by atoms with Gasteiger partial charge in [-0.05, 0) is 19.3 Å². The van der Waals surface area contributed by atoms with Crippen LogP contribution in [0, 0.1) is 0 Å². The molecule has 0 radical (unpaired) electrons. The maximum atomic E-state index is 10.9. The molecule has 0 aromatic carbocycles. The Hall–Kier alpha value is -1.10. The lowest BCUT2D eigenvalue weighted by molar-refractivity contribution is -0.152. The predicted octanol–water partition coefficient (Wildman–Crippen LogP) is -0.155. The van der Waals surface area contributed by atoms with E-state index < -0.39 is 11.9 Å². The van der Waals surface area contributed by atoms with E-state index in [1.54, 1.807) is 0 Å². The zero-order valence-corrected chi connectivity index (χ0v) is 8.25. The van der Waals surface area contributed by atoms with Gasteiger partial charge in [-0.1, -0.05) is 0 Å². The van der Waals surface area contributed by atoms with Crippen molar-refractivity contribution in [2.45, 2.75) is 25.4 Å². The van der Waals surface area contributed by atoms with E-state index in [0.717, 1.165) is 25.9 Å². The summed E-state index contributed by atoms with van der Waals surface area (Å²) in [5.74, 6) is -1.54. The van der Waals surface area contributed by atoms with Gasteiger partial charge in [0.05, 0.1) is 13.2 Å². The predicted molar refractivity (Wildman–Crippen MR) is 48.6 cm³/mol. The number of carbonyl (C=O) groups is 2. The minimum Gasteiger partial charge on any atom is -0.462 e. The highest BCUT2D eigenvalue weighted by atomic mass is 16.5. The van der Waals surface area contributed by atoms with Crippen LogP contribution in [0.1, 0.15) is 19.3 Å². The number of ether oxygens (including phenoxy) is 2. The van der Waals surface area contributed by atoms with Gasteiger partial charge < -0.3 is 14.8 Å². The van der Waals surface area contributed by atoms with Crippen molar-refractivity contribution in [2.24, 2.45) is 0 Å². The number of hydrogen-bond acceptors (Lipinski definition) is 4. The van der Waals surface area contributed by atoms with Crippen LogP contribution in [0.3, 0.4) is 0 Å². The summed E-state index contributed by atoms with van der Waals surface area (Å²) in [6.45, 7) is 1.26. The van der Waals surface area contributed by atoms with Gasteiger partial charge in [-0.2, -0.15) is 0 Å². The van der Waals surface area contributed by atoms with E-state index in [-0.39, 0.29) is 6.10 Å². The highest BCUT2D eigenvalue weighted by molar-refractivity contribution is 6.32. The molecule has 1 heterocycles. The summed E-state index contributed by atoms with van der Waals surface area (Å²) in [4.78, 5) is 21.6.